The van der Waals surface area contributed by atoms with Crippen LogP contribution in [0.5, 0.6) is 0 Å². The molecule has 6 nitrogen and oxygen atoms in total. The summed E-state index contributed by atoms with van der Waals surface area (Å²) in [5.41, 5.74) is 5.53. The zero-order valence-electron chi connectivity index (χ0n) is 12.8. The van der Waals surface area contributed by atoms with Crippen LogP contribution in [0.1, 0.15) is 32.6 Å². The van der Waals surface area contributed by atoms with Crippen LogP contribution in [0, 0.1) is 11.7 Å². The molecule has 0 unspecified atom stereocenters. The molecule has 7 heteroatoms. The Bertz CT molecular complexity index is 567. The van der Waals surface area contributed by atoms with E-state index in [0.717, 1.165) is 38.8 Å². The van der Waals surface area contributed by atoms with E-state index in [4.69, 9.17) is 5.73 Å². The first-order chi connectivity index (χ1) is 10.6. The maximum Gasteiger partial charge on any atom is 0.225 e. The minimum Gasteiger partial charge on any atom is -0.381 e. The number of hydrogen-bond donors (Lipinski definition) is 1. The van der Waals surface area contributed by atoms with Crippen LogP contribution < -0.4 is 10.6 Å². The number of nitrogens with two attached hydrogens (primary N) is 1. The average Bonchev–Trinajstić information content (AvgIpc) is 2.53. The lowest BCUT2D eigenvalue weighted by Gasteiger charge is -2.42. The highest BCUT2D eigenvalue weighted by Gasteiger charge is 2.34. The van der Waals surface area contributed by atoms with E-state index in [1.54, 1.807) is 0 Å². The molecule has 1 amide bonds. The zero-order valence-corrected chi connectivity index (χ0v) is 12.8. The van der Waals surface area contributed by atoms with E-state index >= 15 is 0 Å². The molecule has 0 aliphatic carbocycles. The molecule has 22 heavy (non-hydrogen) atoms. The monoisotopic (exact) mass is 307 g/mol. The molecule has 2 aliphatic rings. The number of anilines is 2. The standard InChI is InChI=1S/C15H22FN5O/c1-10-4-2-7-21(15(10)22)11-5-3-6-20(8-11)14-12(16)13(17)18-9-19-14/h9-11H,2-8H2,1H3,(H2,17,18,19)/t10-,11-/m1/s1. The van der Waals surface area contributed by atoms with Gasteiger partial charge >= 0.3 is 0 Å². The normalized spacial score (nSPS) is 26.4. The Balaban J connectivity index is 1.77. The largest absolute Gasteiger partial charge is 0.381 e. The number of rotatable bonds is 2. The summed E-state index contributed by atoms with van der Waals surface area (Å²) in [5, 5.41) is 0. The molecular formula is C15H22FN5O. The van der Waals surface area contributed by atoms with Crippen molar-refractivity contribution in [3.8, 4) is 0 Å². The smallest absolute Gasteiger partial charge is 0.225 e. The van der Waals surface area contributed by atoms with Crippen LogP contribution in [0.25, 0.3) is 0 Å². The highest BCUT2D eigenvalue weighted by Crippen LogP contribution is 2.27. The Labute approximate surface area is 129 Å². The number of nitrogen functional groups attached to an aromatic ring is 1. The van der Waals surface area contributed by atoms with Crippen molar-refractivity contribution in [2.24, 2.45) is 5.92 Å². The van der Waals surface area contributed by atoms with Crippen molar-refractivity contribution in [1.29, 1.82) is 0 Å². The summed E-state index contributed by atoms with van der Waals surface area (Å²) in [5.74, 6) is -0.137. The van der Waals surface area contributed by atoms with Gasteiger partial charge in [0.25, 0.3) is 0 Å². The van der Waals surface area contributed by atoms with Gasteiger partial charge < -0.3 is 15.5 Å². The average molecular weight is 307 g/mol. The van der Waals surface area contributed by atoms with Crippen molar-refractivity contribution in [3.05, 3.63) is 12.1 Å². The Kier molecular flexibility index (Phi) is 4.13. The van der Waals surface area contributed by atoms with Gasteiger partial charge in [0.2, 0.25) is 11.7 Å². The molecule has 2 fully saturated rings. The predicted octanol–water partition coefficient (Wildman–Crippen LogP) is 1.43. The number of amides is 1. The van der Waals surface area contributed by atoms with Crippen LogP contribution in [0.15, 0.2) is 6.33 Å². The molecule has 3 heterocycles. The fraction of sp³-hybridized carbons (Fsp3) is 0.667. The van der Waals surface area contributed by atoms with Crippen LogP contribution in [-0.2, 0) is 4.79 Å². The van der Waals surface area contributed by atoms with Gasteiger partial charge in [0.15, 0.2) is 11.6 Å². The van der Waals surface area contributed by atoms with Crippen molar-refractivity contribution in [2.75, 3.05) is 30.3 Å². The predicted molar refractivity (Wildman–Crippen MR) is 81.7 cm³/mol. The molecular weight excluding hydrogens is 285 g/mol. The number of nitrogens with zero attached hydrogens (tertiary/aromatic N) is 4. The molecule has 1 aromatic rings. The van der Waals surface area contributed by atoms with Gasteiger partial charge in [0.05, 0.1) is 0 Å². The van der Waals surface area contributed by atoms with E-state index in [0.29, 0.717) is 6.54 Å². The SMILES string of the molecule is C[C@@H]1CCCN([C@@H]2CCCN(c3ncnc(N)c3F)C2)C1=O. The summed E-state index contributed by atoms with van der Waals surface area (Å²) < 4.78 is 14.1. The number of hydrogen-bond acceptors (Lipinski definition) is 5. The van der Waals surface area contributed by atoms with E-state index in [1.807, 2.05) is 16.7 Å². The Morgan fingerprint density at radius 2 is 2.05 bits per heavy atom. The fourth-order valence-corrected chi connectivity index (χ4v) is 3.44. The maximum atomic E-state index is 14.1. The number of carbonyl (C=O) groups is 1. The lowest BCUT2D eigenvalue weighted by molar-refractivity contribution is -0.140. The van der Waals surface area contributed by atoms with Crippen molar-refractivity contribution in [2.45, 2.75) is 38.6 Å². The van der Waals surface area contributed by atoms with Gasteiger partial charge in [-0.15, -0.1) is 0 Å². The summed E-state index contributed by atoms with van der Waals surface area (Å²) in [7, 11) is 0. The minimum atomic E-state index is -0.568. The van der Waals surface area contributed by atoms with E-state index in [-0.39, 0.29) is 29.5 Å². The van der Waals surface area contributed by atoms with Gasteiger partial charge in [-0.3, -0.25) is 4.79 Å². The van der Waals surface area contributed by atoms with E-state index in [9.17, 15) is 9.18 Å². The lowest BCUT2D eigenvalue weighted by Crippen LogP contribution is -2.53. The molecule has 2 atom stereocenters. The Morgan fingerprint density at radius 3 is 2.86 bits per heavy atom. The van der Waals surface area contributed by atoms with E-state index < -0.39 is 5.82 Å². The van der Waals surface area contributed by atoms with Gasteiger partial charge in [0, 0.05) is 31.6 Å². The zero-order chi connectivity index (χ0) is 15.7. The topological polar surface area (TPSA) is 75.3 Å². The first-order valence-electron chi connectivity index (χ1n) is 7.89. The number of halogens is 1. The quantitative estimate of drug-likeness (QED) is 0.894. The van der Waals surface area contributed by atoms with E-state index in [1.165, 1.54) is 6.33 Å². The second kappa shape index (κ2) is 6.06. The third-order valence-corrected chi connectivity index (χ3v) is 4.68. The second-order valence-corrected chi connectivity index (χ2v) is 6.21. The van der Waals surface area contributed by atoms with Gasteiger partial charge in [-0.1, -0.05) is 6.92 Å². The number of carbonyl (C=O) groups excluding carboxylic acids is 1. The fourth-order valence-electron chi connectivity index (χ4n) is 3.44. The van der Waals surface area contributed by atoms with Crippen molar-refractivity contribution < 1.29 is 9.18 Å². The van der Waals surface area contributed by atoms with Gasteiger partial charge in [-0.05, 0) is 25.7 Å². The lowest BCUT2D eigenvalue weighted by atomic mass is 9.95. The van der Waals surface area contributed by atoms with Crippen molar-refractivity contribution >= 4 is 17.5 Å². The number of piperidine rings is 2. The third-order valence-electron chi connectivity index (χ3n) is 4.68. The number of likely N-dealkylation sites (tertiary alicyclic amines) is 1. The van der Waals surface area contributed by atoms with E-state index in [2.05, 4.69) is 9.97 Å². The van der Waals surface area contributed by atoms with Gasteiger partial charge in [0.1, 0.15) is 6.33 Å². The second-order valence-electron chi connectivity index (χ2n) is 6.21. The Hall–Kier alpha value is -1.92. The maximum absolute atomic E-state index is 14.1. The molecule has 1 aromatic heterocycles. The van der Waals surface area contributed by atoms with Crippen LogP contribution >= 0.6 is 0 Å². The molecule has 2 N–H and O–H groups in total. The molecule has 0 spiro atoms. The number of aromatic nitrogens is 2. The molecule has 0 radical (unpaired) electrons. The summed E-state index contributed by atoms with van der Waals surface area (Å²) in [6.07, 6.45) is 5.15. The summed E-state index contributed by atoms with van der Waals surface area (Å²) in [6.45, 7) is 4.11. The molecule has 0 aromatic carbocycles. The Morgan fingerprint density at radius 1 is 1.27 bits per heavy atom. The molecule has 0 bridgehead atoms. The first kappa shape index (κ1) is 15.0. The highest BCUT2D eigenvalue weighted by molar-refractivity contribution is 5.79. The minimum absolute atomic E-state index is 0.0931. The van der Waals surface area contributed by atoms with Crippen LogP contribution in [-0.4, -0.2) is 46.5 Å². The highest BCUT2D eigenvalue weighted by atomic mass is 19.1. The summed E-state index contributed by atoms with van der Waals surface area (Å²) in [4.78, 5) is 23.9. The van der Waals surface area contributed by atoms with Gasteiger partial charge in [-0.25, -0.2) is 9.97 Å². The van der Waals surface area contributed by atoms with Crippen molar-refractivity contribution in [1.82, 2.24) is 14.9 Å². The van der Waals surface area contributed by atoms with Gasteiger partial charge in [-0.2, -0.15) is 4.39 Å². The molecule has 2 aliphatic heterocycles. The van der Waals surface area contributed by atoms with Crippen LogP contribution in [0.2, 0.25) is 0 Å². The molecule has 3 rings (SSSR count). The van der Waals surface area contributed by atoms with Crippen LogP contribution in [0.3, 0.4) is 0 Å². The summed E-state index contributed by atoms with van der Waals surface area (Å²) >= 11 is 0. The molecule has 0 saturated carbocycles. The molecule has 120 valence electrons. The molecule has 2 saturated heterocycles. The van der Waals surface area contributed by atoms with Crippen molar-refractivity contribution in [3.63, 3.8) is 0 Å². The van der Waals surface area contributed by atoms with Crippen LogP contribution in [0.4, 0.5) is 16.0 Å². The summed E-state index contributed by atoms with van der Waals surface area (Å²) in [6, 6.07) is 0.125. The third kappa shape index (κ3) is 2.71. The first-order valence-corrected chi connectivity index (χ1v) is 7.89.